The van der Waals surface area contributed by atoms with E-state index < -0.39 is 11.9 Å². The fourth-order valence-corrected chi connectivity index (χ4v) is 2.05. The van der Waals surface area contributed by atoms with Gasteiger partial charge >= 0.3 is 6.18 Å². The monoisotopic (exact) mass is 295 g/mol. The second-order valence-electron chi connectivity index (χ2n) is 3.37. The summed E-state index contributed by atoms with van der Waals surface area (Å²) in [5.41, 5.74) is -0.918. The van der Waals surface area contributed by atoms with E-state index in [-0.39, 0.29) is 16.6 Å². The summed E-state index contributed by atoms with van der Waals surface area (Å²) in [4.78, 5) is 3.77. The first-order chi connectivity index (χ1) is 8.45. The van der Waals surface area contributed by atoms with E-state index in [0.29, 0.717) is 5.69 Å². The zero-order chi connectivity index (χ0) is 13.3. The molecule has 0 amide bonds. The highest BCUT2D eigenvalue weighted by molar-refractivity contribution is 6.31. The zero-order valence-electron chi connectivity index (χ0n) is 8.75. The Kier molecular flexibility index (Phi) is 3.49. The van der Waals surface area contributed by atoms with E-state index in [1.165, 1.54) is 24.5 Å². The van der Waals surface area contributed by atoms with Gasteiger partial charge in [-0.2, -0.15) is 18.3 Å². The van der Waals surface area contributed by atoms with Crippen molar-refractivity contribution in [3.63, 3.8) is 0 Å². The summed E-state index contributed by atoms with van der Waals surface area (Å²) in [6, 6.07) is 2.99. The molecule has 0 saturated carbocycles. The van der Waals surface area contributed by atoms with Gasteiger partial charge in [0.05, 0.1) is 11.6 Å². The van der Waals surface area contributed by atoms with Gasteiger partial charge in [0.15, 0.2) is 5.69 Å². The number of hydrogen-bond acceptors (Lipinski definition) is 2. The molecule has 2 aromatic rings. The van der Waals surface area contributed by atoms with E-state index in [1.54, 1.807) is 0 Å². The van der Waals surface area contributed by atoms with Crippen LogP contribution in [0.5, 0.6) is 0 Å². The van der Waals surface area contributed by atoms with E-state index in [9.17, 15) is 13.2 Å². The molecule has 3 nitrogen and oxygen atoms in total. The minimum Gasteiger partial charge on any atom is -0.265 e. The standard InChI is InChI=1S/C10H6Cl2F3N3/c11-5-7-8(10(13,14)15)17-18(9(7)12)6-1-3-16-4-2-6/h1-4H,5H2. The Balaban J connectivity index is 2.61. The zero-order valence-corrected chi connectivity index (χ0v) is 10.3. The number of pyridine rings is 1. The molecule has 0 aliphatic heterocycles. The summed E-state index contributed by atoms with van der Waals surface area (Å²) < 4.78 is 39.2. The summed E-state index contributed by atoms with van der Waals surface area (Å²) in [7, 11) is 0. The van der Waals surface area contributed by atoms with Crippen LogP contribution in [0.25, 0.3) is 5.69 Å². The molecule has 8 heteroatoms. The molecule has 2 aromatic heterocycles. The quantitative estimate of drug-likeness (QED) is 0.791. The smallest absolute Gasteiger partial charge is 0.265 e. The van der Waals surface area contributed by atoms with Crippen LogP contribution >= 0.6 is 23.2 Å². The maximum absolute atomic E-state index is 12.7. The normalized spacial score (nSPS) is 11.8. The number of nitrogens with zero attached hydrogens (tertiary/aromatic N) is 3. The average Bonchev–Trinajstić information content (AvgIpc) is 2.67. The van der Waals surface area contributed by atoms with Crippen molar-refractivity contribution in [2.75, 3.05) is 0 Å². The molecule has 0 radical (unpaired) electrons. The summed E-state index contributed by atoms with van der Waals surface area (Å²) in [6.45, 7) is 0. The molecule has 0 aliphatic rings. The fraction of sp³-hybridized carbons (Fsp3) is 0.200. The lowest BCUT2D eigenvalue weighted by atomic mass is 10.3. The summed E-state index contributed by atoms with van der Waals surface area (Å²) >= 11 is 11.4. The Labute approximate surface area is 110 Å². The second-order valence-corrected chi connectivity index (χ2v) is 3.99. The van der Waals surface area contributed by atoms with Gasteiger partial charge in [0, 0.05) is 18.0 Å². The van der Waals surface area contributed by atoms with E-state index >= 15 is 0 Å². The van der Waals surface area contributed by atoms with Gasteiger partial charge in [-0.3, -0.25) is 4.98 Å². The molecule has 0 atom stereocenters. The molecule has 0 aromatic carbocycles. The molecular weight excluding hydrogens is 290 g/mol. The van der Waals surface area contributed by atoms with Crippen molar-refractivity contribution in [3.8, 4) is 5.69 Å². The topological polar surface area (TPSA) is 30.7 Å². The van der Waals surface area contributed by atoms with Crippen molar-refractivity contribution < 1.29 is 13.2 Å². The molecule has 0 aliphatic carbocycles. The van der Waals surface area contributed by atoms with Crippen LogP contribution in [0.3, 0.4) is 0 Å². The predicted octanol–water partition coefficient (Wildman–Crippen LogP) is 3.68. The van der Waals surface area contributed by atoms with Crippen LogP contribution in [-0.4, -0.2) is 14.8 Å². The van der Waals surface area contributed by atoms with Crippen LogP contribution in [0.1, 0.15) is 11.3 Å². The van der Waals surface area contributed by atoms with Gasteiger partial charge in [-0.25, -0.2) is 4.68 Å². The molecule has 0 N–H and O–H groups in total. The van der Waals surface area contributed by atoms with Gasteiger partial charge in [-0.05, 0) is 12.1 Å². The fourth-order valence-electron chi connectivity index (χ4n) is 1.43. The van der Waals surface area contributed by atoms with Crippen LogP contribution in [0, 0.1) is 0 Å². The summed E-state index contributed by atoms with van der Waals surface area (Å²) in [6.07, 6.45) is -1.73. The van der Waals surface area contributed by atoms with E-state index in [2.05, 4.69) is 10.1 Å². The van der Waals surface area contributed by atoms with Crippen LogP contribution in [0.2, 0.25) is 5.15 Å². The molecule has 0 bridgehead atoms. The lowest BCUT2D eigenvalue weighted by molar-refractivity contribution is -0.141. The molecular formula is C10H6Cl2F3N3. The van der Waals surface area contributed by atoms with Crippen LogP contribution in [0.4, 0.5) is 13.2 Å². The van der Waals surface area contributed by atoms with Crippen molar-refractivity contribution in [1.29, 1.82) is 0 Å². The third kappa shape index (κ3) is 2.30. The first-order valence-corrected chi connectivity index (χ1v) is 5.67. The predicted molar refractivity (Wildman–Crippen MR) is 60.9 cm³/mol. The lowest BCUT2D eigenvalue weighted by Gasteiger charge is -2.03. The maximum atomic E-state index is 12.7. The molecule has 0 spiro atoms. The van der Waals surface area contributed by atoms with Crippen LogP contribution < -0.4 is 0 Å². The van der Waals surface area contributed by atoms with Gasteiger partial charge in [0.25, 0.3) is 0 Å². The van der Waals surface area contributed by atoms with Crippen LogP contribution in [0.15, 0.2) is 24.5 Å². The number of rotatable bonds is 2. The lowest BCUT2D eigenvalue weighted by Crippen LogP contribution is -2.09. The summed E-state index contributed by atoms with van der Waals surface area (Å²) in [5.74, 6) is -0.362. The van der Waals surface area contributed by atoms with E-state index in [1.807, 2.05) is 0 Å². The number of halogens is 5. The molecule has 18 heavy (non-hydrogen) atoms. The van der Waals surface area contributed by atoms with Gasteiger partial charge in [-0.15, -0.1) is 11.6 Å². The Morgan fingerprint density at radius 2 is 1.83 bits per heavy atom. The molecule has 0 saturated heterocycles. The Morgan fingerprint density at radius 3 is 2.28 bits per heavy atom. The summed E-state index contributed by atoms with van der Waals surface area (Å²) in [5, 5.41) is 3.32. The third-order valence-corrected chi connectivity index (χ3v) is 2.89. The minimum atomic E-state index is -4.59. The molecule has 2 rings (SSSR count). The minimum absolute atomic E-state index is 0.150. The van der Waals surface area contributed by atoms with E-state index in [4.69, 9.17) is 23.2 Å². The van der Waals surface area contributed by atoms with Gasteiger partial charge < -0.3 is 0 Å². The molecule has 2 heterocycles. The number of aromatic nitrogens is 3. The highest BCUT2D eigenvalue weighted by Crippen LogP contribution is 2.36. The van der Waals surface area contributed by atoms with Crippen LogP contribution in [-0.2, 0) is 12.1 Å². The highest BCUT2D eigenvalue weighted by atomic mass is 35.5. The largest absolute Gasteiger partial charge is 0.435 e. The van der Waals surface area contributed by atoms with Crippen molar-refractivity contribution >= 4 is 23.2 Å². The number of hydrogen-bond donors (Lipinski definition) is 0. The molecule has 0 unspecified atom stereocenters. The van der Waals surface area contributed by atoms with Crippen molar-refractivity contribution in [1.82, 2.24) is 14.8 Å². The second kappa shape index (κ2) is 4.78. The first-order valence-electron chi connectivity index (χ1n) is 4.76. The molecule has 0 fully saturated rings. The van der Waals surface area contributed by atoms with Gasteiger partial charge in [-0.1, -0.05) is 11.6 Å². The van der Waals surface area contributed by atoms with Crippen molar-refractivity contribution in [2.45, 2.75) is 12.1 Å². The third-order valence-electron chi connectivity index (χ3n) is 2.23. The van der Waals surface area contributed by atoms with Crippen molar-refractivity contribution in [3.05, 3.63) is 40.9 Å². The Morgan fingerprint density at radius 1 is 1.22 bits per heavy atom. The number of alkyl halides is 4. The Hall–Kier alpha value is -1.27. The first kappa shape index (κ1) is 13.2. The van der Waals surface area contributed by atoms with Gasteiger partial charge in [0.2, 0.25) is 0 Å². The Bertz CT molecular complexity index is 551. The average molecular weight is 296 g/mol. The SMILES string of the molecule is FC(F)(F)c1nn(-c2ccncc2)c(Cl)c1CCl. The van der Waals surface area contributed by atoms with Crippen molar-refractivity contribution in [2.24, 2.45) is 0 Å². The van der Waals surface area contributed by atoms with E-state index in [0.717, 1.165) is 4.68 Å². The van der Waals surface area contributed by atoms with Gasteiger partial charge in [0.1, 0.15) is 5.15 Å². The maximum Gasteiger partial charge on any atom is 0.435 e. The highest BCUT2D eigenvalue weighted by Gasteiger charge is 2.38. The molecule has 96 valence electrons.